The van der Waals surface area contributed by atoms with Gasteiger partial charge in [0.25, 0.3) is 0 Å². The van der Waals surface area contributed by atoms with E-state index in [0.717, 1.165) is 16.7 Å². The van der Waals surface area contributed by atoms with E-state index in [1.165, 1.54) is 25.3 Å². The highest BCUT2D eigenvalue weighted by atomic mass is 19.1. The van der Waals surface area contributed by atoms with E-state index >= 15 is 0 Å². The zero-order chi connectivity index (χ0) is 13.7. The van der Waals surface area contributed by atoms with Crippen LogP contribution in [0.2, 0.25) is 0 Å². The third-order valence-electron chi connectivity index (χ3n) is 2.70. The van der Waals surface area contributed by atoms with Crippen molar-refractivity contribution in [2.75, 3.05) is 7.11 Å². The van der Waals surface area contributed by atoms with Gasteiger partial charge in [-0.3, -0.25) is 0 Å². The summed E-state index contributed by atoms with van der Waals surface area (Å²) >= 11 is 0. The first-order valence-corrected chi connectivity index (χ1v) is 5.81. The van der Waals surface area contributed by atoms with Gasteiger partial charge in [-0.25, -0.2) is 9.18 Å². The average molecular weight is 256 g/mol. The van der Waals surface area contributed by atoms with E-state index in [1.54, 1.807) is 18.2 Å². The summed E-state index contributed by atoms with van der Waals surface area (Å²) in [5.74, 6) is -0.635. The molecule has 0 aliphatic carbocycles. The first-order valence-electron chi connectivity index (χ1n) is 5.81. The quantitative estimate of drug-likeness (QED) is 0.618. The maximum Gasteiger partial charge on any atom is 0.330 e. The third-order valence-corrected chi connectivity index (χ3v) is 2.70. The molecular weight excluding hydrogens is 243 g/mol. The maximum atomic E-state index is 12.8. The summed E-state index contributed by atoms with van der Waals surface area (Å²) in [5.41, 5.74) is 2.84. The topological polar surface area (TPSA) is 26.3 Å². The fourth-order valence-corrected chi connectivity index (χ4v) is 1.66. The van der Waals surface area contributed by atoms with Gasteiger partial charge in [0.15, 0.2) is 0 Å². The fourth-order valence-electron chi connectivity index (χ4n) is 1.66. The largest absolute Gasteiger partial charge is 0.466 e. The lowest BCUT2D eigenvalue weighted by molar-refractivity contribution is -0.134. The molecule has 2 aromatic rings. The number of halogens is 1. The molecule has 96 valence electrons. The molecule has 19 heavy (non-hydrogen) atoms. The van der Waals surface area contributed by atoms with Crippen LogP contribution >= 0.6 is 0 Å². The van der Waals surface area contributed by atoms with Crippen molar-refractivity contribution in [1.82, 2.24) is 0 Å². The van der Waals surface area contributed by atoms with Crippen LogP contribution in [0, 0.1) is 5.82 Å². The highest BCUT2D eigenvalue weighted by Crippen LogP contribution is 2.20. The number of hydrogen-bond donors (Lipinski definition) is 0. The van der Waals surface area contributed by atoms with Crippen LogP contribution in [0.15, 0.2) is 54.6 Å². The Morgan fingerprint density at radius 2 is 1.53 bits per heavy atom. The standard InChI is InChI=1S/C16H13FO2/c1-19-16(18)11-4-12-2-5-13(6-3-12)14-7-9-15(17)10-8-14/h2-11H,1H3. The molecule has 0 amide bonds. The van der Waals surface area contributed by atoms with Crippen LogP contribution in [0.5, 0.6) is 0 Å². The minimum absolute atomic E-state index is 0.249. The van der Waals surface area contributed by atoms with Crippen molar-refractivity contribution >= 4 is 12.0 Å². The van der Waals surface area contributed by atoms with Crippen LogP contribution in [0.3, 0.4) is 0 Å². The number of hydrogen-bond acceptors (Lipinski definition) is 2. The second kappa shape index (κ2) is 5.96. The molecule has 0 aliphatic rings. The van der Waals surface area contributed by atoms with Gasteiger partial charge in [-0.15, -0.1) is 0 Å². The van der Waals surface area contributed by atoms with E-state index in [-0.39, 0.29) is 11.8 Å². The normalized spacial score (nSPS) is 10.6. The van der Waals surface area contributed by atoms with Crippen molar-refractivity contribution in [2.45, 2.75) is 0 Å². The number of carbonyl (C=O) groups excluding carboxylic acids is 1. The van der Waals surface area contributed by atoms with E-state index in [9.17, 15) is 9.18 Å². The van der Waals surface area contributed by atoms with Crippen LogP contribution in [-0.2, 0) is 9.53 Å². The van der Waals surface area contributed by atoms with Gasteiger partial charge in [-0.1, -0.05) is 36.4 Å². The Bertz CT molecular complexity index is 583. The Labute approximate surface area is 111 Å². The monoisotopic (exact) mass is 256 g/mol. The Morgan fingerprint density at radius 1 is 1.00 bits per heavy atom. The molecule has 0 saturated carbocycles. The van der Waals surface area contributed by atoms with Crippen molar-refractivity contribution in [2.24, 2.45) is 0 Å². The van der Waals surface area contributed by atoms with Gasteiger partial charge in [-0.05, 0) is 34.9 Å². The summed E-state index contributed by atoms with van der Waals surface area (Å²) in [4.78, 5) is 11.0. The van der Waals surface area contributed by atoms with E-state index in [0.29, 0.717) is 0 Å². The minimum Gasteiger partial charge on any atom is -0.466 e. The van der Waals surface area contributed by atoms with Crippen LogP contribution < -0.4 is 0 Å². The minimum atomic E-state index is -0.386. The van der Waals surface area contributed by atoms with Crippen molar-refractivity contribution < 1.29 is 13.9 Å². The van der Waals surface area contributed by atoms with E-state index < -0.39 is 0 Å². The zero-order valence-electron chi connectivity index (χ0n) is 10.5. The van der Waals surface area contributed by atoms with Gasteiger partial charge in [-0.2, -0.15) is 0 Å². The first-order chi connectivity index (χ1) is 9.19. The molecule has 0 saturated heterocycles. The Hall–Kier alpha value is -2.42. The Balaban J connectivity index is 2.16. The summed E-state index contributed by atoms with van der Waals surface area (Å²) in [6.07, 6.45) is 3.05. The summed E-state index contributed by atoms with van der Waals surface area (Å²) in [5, 5.41) is 0. The summed E-state index contributed by atoms with van der Waals surface area (Å²) in [7, 11) is 1.34. The molecule has 0 N–H and O–H groups in total. The molecular formula is C16H13FO2. The van der Waals surface area contributed by atoms with Gasteiger partial charge in [0.2, 0.25) is 0 Å². The molecule has 2 nitrogen and oxygen atoms in total. The number of methoxy groups -OCH3 is 1. The smallest absolute Gasteiger partial charge is 0.330 e. The number of esters is 1. The molecule has 2 rings (SSSR count). The molecule has 0 radical (unpaired) electrons. The predicted octanol–water partition coefficient (Wildman–Crippen LogP) is 3.68. The van der Waals surface area contributed by atoms with E-state index in [2.05, 4.69) is 4.74 Å². The number of rotatable bonds is 3. The summed E-state index contributed by atoms with van der Waals surface area (Å²) in [6.45, 7) is 0. The highest BCUT2D eigenvalue weighted by Gasteiger charge is 1.98. The Kier molecular flexibility index (Phi) is 4.08. The molecule has 0 aromatic heterocycles. The van der Waals surface area contributed by atoms with Crippen molar-refractivity contribution in [3.8, 4) is 11.1 Å². The second-order valence-electron chi connectivity index (χ2n) is 3.99. The summed E-state index contributed by atoms with van der Waals surface area (Å²) in [6, 6.07) is 13.9. The second-order valence-corrected chi connectivity index (χ2v) is 3.99. The van der Waals surface area contributed by atoms with Gasteiger partial charge in [0.1, 0.15) is 5.82 Å². The molecule has 0 heterocycles. The molecule has 0 aliphatic heterocycles. The van der Waals surface area contributed by atoms with E-state index in [4.69, 9.17) is 0 Å². The lowest BCUT2D eigenvalue weighted by Gasteiger charge is -2.02. The molecule has 0 fully saturated rings. The molecule has 2 aromatic carbocycles. The molecule has 3 heteroatoms. The highest BCUT2D eigenvalue weighted by molar-refractivity contribution is 5.87. The number of carbonyl (C=O) groups is 1. The van der Waals surface area contributed by atoms with Crippen LogP contribution in [0.25, 0.3) is 17.2 Å². The average Bonchev–Trinajstić information content (AvgIpc) is 2.46. The molecule has 0 bridgehead atoms. The fraction of sp³-hybridized carbons (Fsp3) is 0.0625. The van der Waals surface area contributed by atoms with Crippen molar-refractivity contribution in [3.05, 3.63) is 66.0 Å². The third kappa shape index (κ3) is 3.52. The SMILES string of the molecule is COC(=O)C=Cc1ccc(-c2ccc(F)cc2)cc1. The first kappa shape index (κ1) is 13.0. The number of ether oxygens (including phenoxy) is 1. The summed E-state index contributed by atoms with van der Waals surface area (Å²) < 4.78 is 17.3. The van der Waals surface area contributed by atoms with Crippen LogP contribution in [-0.4, -0.2) is 13.1 Å². The Morgan fingerprint density at radius 3 is 2.05 bits per heavy atom. The lowest BCUT2D eigenvalue weighted by atomic mass is 10.0. The maximum absolute atomic E-state index is 12.8. The van der Waals surface area contributed by atoms with Crippen LogP contribution in [0.4, 0.5) is 4.39 Å². The molecule has 0 atom stereocenters. The number of benzene rings is 2. The van der Waals surface area contributed by atoms with Gasteiger partial charge >= 0.3 is 5.97 Å². The molecule has 0 spiro atoms. The zero-order valence-corrected chi connectivity index (χ0v) is 10.5. The van der Waals surface area contributed by atoms with Crippen molar-refractivity contribution in [3.63, 3.8) is 0 Å². The molecule has 0 unspecified atom stereocenters. The van der Waals surface area contributed by atoms with Gasteiger partial charge < -0.3 is 4.74 Å². The van der Waals surface area contributed by atoms with Crippen LogP contribution in [0.1, 0.15) is 5.56 Å². The predicted molar refractivity (Wildman–Crippen MR) is 72.9 cm³/mol. The van der Waals surface area contributed by atoms with E-state index in [1.807, 2.05) is 24.3 Å². The van der Waals surface area contributed by atoms with Gasteiger partial charge in [0, 0.05) is 6.08 Å². The van der Waals surface area contributed by atoms with Crippen molar-refractivity contribution in [1.29, 1.82) is 0 Å². The van der Waals surface area contributed by atoms with Gasteiger partial charge in [0.05, 0.1) is 7.11 Å². The lowest BCUT2D eigenvalue weighted by Crippen LogP contribution is -1.93.